The smallest absolute Gasteiger partial charge is 0.262 e. The number of nitrogens with zero attached hydrogens (tertiary/aromatic N) is 1. The van der Waals surface area contributed by atoms with Gasteiger partial charge in [-0.2, -0.15) is 0 Å². The molecule has 0 aliphatic heterocycles. The molecule has 0 atom stereocenters. The Bertz CT molecular complexity index is 612. The first kappa shape index (κ1) is 11.1. The maximum Gasteiger partial charge on any atom is 0.262 e. The van der Waals surface area contributed by atoms with Crippen molar-refractivity contribution in [3.8, 4) is 0 Å². The number of aromatic nitrogens is 2. The number of hydrogen-bond acceptors (Lipinski definition) is 2. The van der Waals surface area contributed by atoms with Gasteiger partial charge in [0, 0.05) is 6.54 Å². The highest BCUT2D eigenvalue weighted by molar-refractivity contribution is 7.71. The van der Waals surface area contributed by atoms with Gasteiger partial charge < -0.3 is 4.98 Å². The lowest BCUT2D eigenvalue weighted by atomic mass is 10.2. The minimum absolute atomic E-state index is 0.00722. The van der Waals surface area contributed by atoms with Gasteiger partial charge in [-0.15, -0.1) is 0 Å². The lowest BCUT2D eigenvalue weighted by molar-refractivity contribution is 0.601. The van der Waals surface area contributed by atoms with E-state index < -0.39 is 0 Å². The van der Waals surface area contributed by atoms with Crippen LogP contribution in [0.25, 0.3) is 10.9 Å². The summed E-state index contributed by atoms with van der Waals surface area (Å²) in [5, 5.41) is 0.701. The van der Waals surface area contributed by atoms with Gasteiger partial charge in [-0.3, -0.25) is 9.36 Å². The molecule has 1 heterocycles. The molecule has 1 N–H and O–H groups in total. The van der Waals surface area contributed by atoms with Crippen LogP contribution in [0.3, 0.4) is 0 Å². The lowest BCUT2D eigenvalue weighted by Crippen LogP contribution is -2.22. The van der Waals surface area contributed by atoms with Crippen molar-refractivity contribution in [3.05, 3.63) is 39.4 Å². The Morgan fingerprint density at radius 1 is 1.38 bits per heavy atom. The van der Waals surface area contributed by atoms with Gasteiger partial charge in [0.05, 0.1) is 10.9 Å². The largest absolute Gasteiger partial charge is 0.332 e. The number of benzene rings is 1. The number of nitrogens with one attached hydrogen (secondary N) is 1. The van der Waals surface area contributed by atoms with Crippen LogP contribution in [0, 0.1) is 4.77 Å². The molecule has 1 aromatic carbocycles. The van der Waals surface area contributed by atoms with Crippen molar-refractivity contribution in [3.63, 3.8) is 0 Å². The van der Waals surface area contributed by atoms with E-state index >= 15 is 0 Å². The lowest BCUT2D eigenvalue weighted by Gasteiger charge is -2.06. The molecule has 2 rings (SSSR count). The number of hydrogen-bond donors (Lipinski definition) is 1. The molecule has 0 spiro atoms. The molecular weight excluding hydrogens is 220 g/mol. The van der Waals surface area contributed by atoms with Crippen LogP contribution in [0.1, 0.15) is 19.8 Å². The first-order chi connectivity index (χ1) is 7.74. The molecule has 0 radical (unpaired) electrons. The number of aromatic amines is 1. The maximum atomic E-state index is 12.1. The van der Waals surface area contributed by atoms with Crippen molar-refractivity contribution in [1.82, 2.24) is 9.55 Å². The molecule has 3 nitrogen and oxygen atoms in total. The zero-order chi connectivity index (χ0) is 11.5. The molecule has 0 saturated heterocycles. The minimum atomic E-state index is 0.00722. The highest BCUT2D eigenvalue weighted by Crippen LogP contribution is 2.06. The summed E-state index contributed by atoms with van der Waals surface area (Å²) in [6.45, 7) is 2.79. The normalized spacial score (nSPS) is 10.8. The highest BCUT2D eigenvalue weighted by Gasteiger charge is 2.03. The number of H-pyrrole nitrogens is 1. The van der Waals surface area contributed by atoms with Crippen LogP contribution in [0.4, 0.5) is 0 Å². The fraction of sp³-hybridized carbons (Fsp3) is 0.333. The highest BCUT2D eigenvalue weighted by atomic mass is 32.1. The predicted molar refractivity (Wildman–Crippen MR) is 68.3 cm³/mol. The van der Waals surface area contributed by atoms with Gasteiger partial charge in [0.25, 0.3) is 5.56 Å². The van der Waals surface area contributed by atoms with Crippen LogP contribution >= 0.6 is 12.2 Å². The van der Waals surface area contributed by atoms with Crippen molar-refractivity contribution in [2.75, 3.05) is 0 Å². The number of rotatable bonds is 3. The third-order valence-corrected chi connectivity index (χ3v) is 2.95. The van der Waals surface area contributed by atoms with Crippen LogP contribution < -0.4 is 5.56 Å². The van der Waals surface area contributed by atoms with Crippen LogP contribution in [-0.2, 0) is 6.54 Å². The summed E-state index contributed by atoms with van der Waals surface area (Å²) in [4.78, 5) is 15.2. The van der Waals surface area contributed by atoms with Crippen molar-refractivity contribution < 1.29 is 0 Å². The molecule has 0 aliphatic carbocycles. The molecule has 0 amide bonds. The number of fused-ring (bicyclic) bond motifs is 1. The standard InChI is InChI=1S/C12H14N2OS/c1-2-3-8-14-11(15)9-6-4-5-7-10(9)13-12(14)16/h4-7H,2-3,8H2,1H3,(H,13,16). The fourth-order valence-electron chi connectivity index (χ4n) is 1.72. The molecular formula is C12H14N2OS. The van der Waals surface area contributed by atoms with E-state index in [0.29, 0.717) is 16.7 Å². The SMILES string of the molecule is CCCCn1c(=S)[nH]c2ccccc2c1=O. The molecule has 0 bridgehead atoms. The summed E-state index contributed by atoms with van der Waals surface area (Å²) in [7, 11) is 0. The second-order valence-electron chi connectivity index (χ2n) is 3.79. The molecule has 0 saturated carbocycles. The molecule has 1 aromatic heterocycles. The molecule has 0 fully saturated rings. The average molecular weight is 234 g/mol. The summed E-state index contributed by atoms with van der Waals surface area (Å²) >= 11 is 5.19. The third kappa shape index (κ3) is 1.93. The van der Waals surface area contributed by atoms with E-state index in [2.05, 4.69) is 11.9 Å². The quantitative estimate of drug-likeness (QED) is 0.829. The summed E-state index contributed by atoms with van der Waals surface area (Å²) in [6.07, 6.45) is 2.02. The van der Waals surface area contributed by atoms with E-state index in [9.17, 15) is 4.79 Å². The van der Waals surface area contributed by atoms with Gasteiger partial charge in [0.15, 0.2) is 4.77 Å². The van der Waals surface area contributed by atoms with Gasteiger partial charge in [0.1, 0.15) is 0 Å². The van der Waals surface area contributed by atoms with Gasteiger partial charge in [0.2, 0.25) is 0 Å². The maximum absolute atomic E-state index is 12.1. The topological polar surface area (TPSA) is 37.8 Å². The van der Waals surface area contributed by atoms with Crippen LogP contribution in [0.5, 0.6) is 0 Å². The van der Waals surface area contributed by atoms with Gasteiger partial charge >= 0.3 is 0 Å². The Morgan fingerprint density at radius 2 is 2.12 bits per heavy atom. The molecule has 84 valence electrons. The predicted octanol–water partition coefficient (Wildman–Crippen LogP) is 2.86. The van der Waals surface area contributed by atoms with Gasteiger partial charge in [-0.25, -0.2) is 0 Å². The Morgan fingerprint density at radius 3 is 2.88 bits per heavy atom. The Labute approximate surface area is 98.7 Å². The van der Waals surface area contributed by atoms with E-state index in [-0.39, 0.29) is 5.56 Å². The summed E-state index contributed by atoms with van der Waals surface area (Å²) in [5.41, 5.74) is 0.818. The molecule has 16 heavy (non-hydrogen) atoms. The molecule has 0 aliphatic rings. The summed E-state index contributed by atoms with van der Waals surface area (Å²) in [5.74, 6) is 0. The van der Waals surface area contributed by atoms with Crippen LogP contribution in [0.2, 0.25) is 0 Å². The Balaban J connectivity index is 2.66. The number of unbranched alkanes of at least 4 members (excludes halogenated alkanes) is 1. The molecule has 2 aromatic rings. The van der Waals surface area contributed by atoms with Crippen molar-refractivity contribution in [2.45, 2.75) is 26.3 Å². The minimum Gasteiger partial charge on any atom is -0.332 e. The Hall–Kier alpha value is -1.42. The van der Waals surface area contributed by atoms with Crippen molar-refractivity contribution in [1.29, 1.82) is 0 Å². The summed E-state index contributed by atoms with van der Waals surface area (Å²) in [6, 6.07) is 7.45. The van der Waals surface area contributed by atoms with Crippen molar-refractivity contribution in [2.24, 2.45) is 0 Å². The van der Waals surface area contributed by atoms with Crippen LogP contribution in [0.15, 0.2) is 29.1 Å². The first-order valence-corrected chi connectivity index (χ1v) is 5.86. The fourth-order valence-corrected chi connectivity index (χ4v) is 2.00. The van der Waals surface area contributed by atoms with E-state index in [0.717, 1.165) is 18.4 Å². The third-order valence-electron chi connectivity index (χ3n) is 2.62. The number of para-hydroxylation sites is 1. The van der Waals surface area contributed by atoms with E-state index in [1.807, 2.05) is 24.3 Å². The van der Waals surface area contributed by atoms with Gasteiger partial charge in [-0.1, -0.05) is 25.5 Å². The zero-order valence-corrected chi connectivity index (χ0v) is 10.0. The monoisotopic (exact) mass is 234 g/mol. The molecule has 4 heteroatoms. The van der Waals surface area contributed by atoms with E-state index in [1.54, 1.807) is 4.57 Å². The summed E-state index contributed by atoms with van der Waals surface area (Å²) < 4.78 is 2.15. The second-order valence-corrected chi connectivity index (χ2v) is 4.17. The van der Waals surface area contributed by atoms with Crippen LogP contribution in [-0.4, -0.2) is 9.55 Å². The zero-order valence-electron chi connectivity index (χ0n) is 9.19. The second kappa shape index (κ2) is 4.61. The van der Waals surface area contributed by atoms with Gasteiger partial charge in [-0.05, 0) is 30.8 Å². The Kier molecular flexibility index (Phi) is 3.19. The van der Waals surface area contributed by atoms with E-state index in [1.165, 1.54) is 0 Å². The molecule has 0 unspecified atom stereocenters. The average Bonchev–Trinajstić information content (AvgIpc) is 2.29. The first-order valence-electron chi connectivity index (χ1n) is 5.46. The van der Waals surface area contributed by atoms with E-state index in [4.69, 9.17) is 12.2 Å². The van der Waals surface area contributed by atoms with Crippen molar-refractivity contribution >= 4 is 23.1 Å².